The molecule has 0 aliphatic heterocycles. The lowest BCUT2D eigenvalue weighted by molar-refractivity contribution is 0.414. The lowest BCUT2D eigenvalue weighted by atomic mass is 9.94. The van der Waals surface area contributed by atoms with Gasteiger partial charge >= 0.3 is 0 Å². The second-order valence-corrected chi connectivity index (χ2v) is 5.37. The first kappa shape index (κ1) is 14.9. The van der Waals surface area contributed by atoms with E-state index in [4.69, 9.17) is 10.00 Å². The molecule has 0 unspecified atom stereocenters. The van der Waals surface area contributed by atoms with Gasteiger partial charge in [0.15, 0.2) is 0 Å². The molecule has 23 heavy (non-hydrogen) atoms. The molecule has 0 saturated carbocycles. The Kier molecular flexibility index (Phi) is 4.40. The van der Waals surface area contributed by atoms with E-state index in [-0.39, 0.29) is 0 Å². The second-order valence-electron chi connectivity index (χ2n) is 5.37. The highest BCUT2D eigenvalue weighted by Crippen LogP contribution is 2.26. The van der Waals surface area contributed by atoms with Crippen LogP contribution >= 0.6 is 0 Å². The minimum atomic E-state index is 0.682. The molecule has 0 radical (unpaired) electrons. The van der Waals surface area contributed by atoms with E-state index >= 15 is 0 Å². The topological polar surface area (TPSA) is 33.0 Å². The third kappa shape index (κ3) is 3.41. The molecule has 3 aromatic carbocycles. The summed E-state index contributed by atoms with van der Waals surface area (Å²) in [6.45, 7) is 0. The molecule has 0 atom stereocenters. The van der Waals surface area contributed by atoms with Crippen molar-refractivity contribution in [1.82, 2.24) is 0 Å². The highest BCUT2D eigenvalue weighted by Gasteiger charge is 2.06. The van der Waals surface area contributed by atoms with Crippen LogP contribution in [0, 0.1) is 11.3 Å². The van der Waals surface area contributed by atoms with Crippen molar-refractivity contribution in [2.45, 2.75) is 6.42 Å². The molecule has 0 aliphatic rings. The van der Waals surface area contributed by atoms with Crippen LogP contribution in [0.1, 0.15) is 16.7 Å². The lowest BCUT2D eigenvalue weighted by Gasteiger charge is -2.10. The first-order valence-electron chi connectivity index (χ1n) is 7.51. The van der Waals surface area contributed by atoms with E-state index in [9.17, 15) is 0 Å². The predicted molar refractivity (Wildman–Crippen MR) is 92.4 cm³/mol. The van der Waals surface area contributed by atoms with Gasteiger partial charge in [0.05, 0.1) is 18.7 Å². The van der Waals surface area contributed by atoms with E-state index in [1.54, 1.807) is 7.11 Å². The van der Waals surface area contributed by atoms with Crippen LogP contribution in [0.15, 0.2) is 72.8 Å². The van der Waals surface area contributed by atoms with Gasteiger partial charge in [-0.25, -0.2) is 0 Å². The minimum absolute atomic E-state index is 0.682. The molecular formula is C21H17NO. The number of nitriles is 1. The molecule has 2 nitrogen and oxygen atoms in total. The predicted octanol–water partition coefficient (Wildman–Crippen LogP) is 4.82. The highest BCUT2D eigenvalue weighted by molar-refractivity contribution is 5.68. The van der Waals surface area contributed by atoms with Crippen LogP contribution in [0.3, 0.4) is 0 Å². The average Bonchev–Trinajstić information content (AvgIpc) is 2.63. The Balaban J connectivity index is 1.92. The van der Waals surface area contributed by atoms with Gasteiger partial charge < -0.3 is 4.74 Å². The van der Waals surface area contributed by atoms with E-state index in [0.717, 1.165) is 17.7 Å². The number of methoxy groups -OCH3 is 1. The summed E-state index contributed by atoms with van der Waals surface area (Å²) in [4.78, 5) is 0. The highest BCUT2D eigenvalue weighted by atomic mass is 16.5. The van der Waals surface area contributed by atoms with Gasteiger partial charge in [0, 0.05) is 0 Å². The number of benzene rings is 3. The summed E-state index contributed by atoms with van der Waals surface area (Å²) >= 11 is 0. The molecule has 3 rings (SSSR count). The van der Waals surface area contributed by atoms with Gasteiger partial charge in [0.1, 0.15) is 5.75 Å². The Morgan fingerprint density at radius 3 is 2.22 bits per heavy atom. The van der Waals surface area contributed by atoms with Crippen LogP contribution in [0.25, 0.3) is 11.1 Å². The van der Waals surface area contributed by atoms with Crippen LogP contribution in [0.4, 0.5) is 0 Å². The molecule has 0 aromatic heterocycles. The van der Waals surface area contributed by atoms with Crippen LogP contribution in [0.5, 0.6) is 5.75 Å². The summed E-state index contributed by atoms with van der Waals surface area (Å²) in [6, 6.07) is 26.4. The second kappa shape index (κ2) is 6.81. The number of ether oxygens (including phenoxy) is 1. The van der Waals surface area contributed by atoms with E-state index in [0.29, 0.717) is 5.56 Å². The Bertz CT molecular complexity index is 827. The number of rotatable bonds is 4. The Hall–Kier alpha value is -3.05. The molecule has 0 amide bonds. The zero-order chi connectivity index (χ0) is 16.1. The van der Waals surface area contributed by atoms with Crippen molar-refractivity contribution in [3.8, 4) is 22.9 Å². The van der Waals surface area contributed by atoms with E-state index < -0.39 is 0 Å². The largest absolute Gasteiger partial charge is 0.497 e. The van der Waals surface area contributed by atoms with Crippen LogP contribution in [-0.4, -0.2) is 7.11 Å². The summed E-state index contributed by atoms with van der Waals surface area (Å²) < 4.78 is 5.21. The van der Waals surface area contributed by atoms with Crippen LogP contribution in [0.2, 0.25) is 0 Å². The molecule has 3 aromatic rings. The van der Waals surface area contributed by atoms with E-state index in [1.165, 1.54) is 16.7 Å². The maximum atomic E-state index is 8.93. The Morgan fingerprint density at radius 1 is 0.870 bits per heavy atom. The van der Waals surface area contributed by atoms with Crippen molar-refractivity contribution in [3.05, 3.63) is 89.5 Å². The molecule has 0 N–H and O–H groups in total. The fourth-order valence-corrected chi connectivity index (χ4v) is 2.64. The maximum absolute atomic E-state index is 8.93. The molecule has 0 bridgehead atoms. The molecule has 0 aliphatic carbocycles. The zero-order valence-corrected chi connectivity index (χ0v) is 13.0. The first-order chi connectivity index (χ1) is 11.3. The summed E-state index contributed by atoms with van der Waals surface area (Å²) in [5.41, 5.74) is 5.52. The van der Waals surface area contributed by atoms with Crippen molar-refractivity contribution in [2.75, 3.05) is 7.11 Å². The summed E-state index contributed by atoms with van der Waals surface area (Å²) in [5, 5.41) is 8.93. The van der Waals surface area contributed by atoms with Gasteiger partial charge in [-0.15, -0.1) is 0 Å². The smallest absolute Gasteiger partial charge is 0.118 e. The molecule has 0 fully saturated rings. The van der Waals surface area contributed by atoms with Crippen molar-refractivity contribution in [3.63, 3.8) is 0 Å². The third-order valence-corrected chi connectivity index (χ3v) is 3.90. The Morgan fingerprint density at radius 2 is 1.57 bits per heavy atom. The Labute approximate surface area is 136 Å². The maximum Gasteiger partial charge on any atom is 0.118 e. The summed E-state index contributed by atoms with van der Waals surface area (Å²) in [6.07, 6.45) is 0.861. The quantitative estimate of drug-likeness (QED) is 0.691. The van der Waals surface area contributed by atoms with Gasteiger partial charge in [0.2, 0.25) is 0 Å². The van der Waals surface area contributed by atoms with Gasteiger partial charge in [-0.1, -0.05) is 48.5 Å². The standard InChI is InChI=1S/C21H17NO/c1-23-20-12-8-16(9-13-20)14-19-4-2-3-5-21(19)18-10-6-17(15-22)7-11-18/h2-13H,14H2,1H3. The van der Waals surface area contributed by atoms with Gasteiger partial charge in [-0.05, 0) is 52.9 Å². The van der Waals surface area contributed by atoms with Crippen molar-refractivity contribution < 1.29 is 4.74 Å². The van der Waals surface area contributed by atoms with E-state index in [1.807, 2.05) is 42.5 Å². The summed E-state index contributed by atoms with van der Waals surface area (Å²) in [5.74, 6) is 0.870. The van der Waals surface area contributed by atoms with E-state index in [2.05, 4.69) is 36.4 Å². The zero-order valence-electron chi connectivity index (χ0n) is 13.0. The number of nitrogens with zero attached hydrogens (tertiary/aromatic N) is 1. The fraction of sp³-hybridized carbons (Fsp3) is 0.0952. The molecule has 2 heteroatoms. The van der Waals surface area contributed by atoms with Crippen LogP contribution in [-0.2, 0) is 6.42 Å². The first-order valence-corrected chi connectivity index (χ1v) is 7.51. The molecular weight excluding hydrogens is 282 g/mol. The lowest BCUT2D eigenvalue weighted by Crippen LogP contribution is -1.93. The third-order valence-electron chi connectivity index (χ3n) is 3.90. The van der Waals surface area contributed by atoms with Gasteiger partial charge in [-0.3, -0.25) is 0 Å². The van der Waals surface area contributed by atoms with Gasteiger partial charge in [0.25, 0.3) is 0 Å². The van der Waals surface area contributed by atoms with Crippen molar-refractivity contribution >= 4 is 0 Å². The monoisotopic (exact) mass is 299 g/mol. The molecule has 0 spiro atoms. The molecule has 112 valence electrons. The fourth-order valence-electron chi connectivity index (χ4n) is 2.64. The number of hydrogen-bond acceptors (Lipinski definition) is 2. The number of hydrogen-bond donors (Lipinski definition) is 0. The van der Waals surface area contributed by atoms with Crippen molar-refractivity contribution in [2.24, 2.45) is 0 Å². The average molecular weight is 299 g/mol. The van der Waals surface area contributed by atoms with Crippen LogP contribution < -0.4 is 4.74 Å². The van der Waals surface area contributed by atoms with Crippen molar-refractivity contribution in [1.29, 1.82) is 5.26 Å². The molecule has 0 heterocycles. The molecule has 0 saturated heterocycles. The SMILES string of the molecule is COc1ccc(Cc2ccccc2-c2ccc(C#N)cc2)cc1. The summed E-state index contributed by atoms with van der Waals surface area (Å²) in [7, 11) is 1.68. The minimum Gasteiger partial charge on any atom is -0.497 e. The van der Waals surface area contributed by atoms with Gasteiger partial charge in [-0.2, -0.15) is 5.26 Å². The normalized spacial score (nSPS) is 10.1.